The smallest absolute Gasteiger partial charge is 0.277 e. The van der Waals surface area contributed by atoms with Crippen LogP contribution in [0.3, 0.4) is 0 Å². The molecule has 0 saturated heterocycles. The highest BCUT2D eigenvalue weighted by Gasteiger charge is 2.14. The molecule has 0 bridgehead atoms. The predicted octanol–water partition coefficient (Wildman–Crippen LogP) is 3.63. The molecule has 3 aromatic rings. The number of halogens is 2. The lowest BCUT2D eigenvalue weighted by atomic mass is 10.2. The Morgan fingerprint density at radius 1 is 1.15 bits per heavy atom. The largest absolute Gasteiger partial charge is 0.332 e. The van der Waals surface area contributed by atoms with Crippen LogP contribution in [0.15, 0.2) is 28.1 Å². The third-order valence-corrected chi connectivity index (χ3v) is 3.80. The number of hydrogen-bond acceptors (Lipinski definition) is 6. The first-order chi connectivity index (χ1) is 9.65. The minimum atomic E-state index is 0.340. The number of rotatable bonds is 3. The minimum Gasteiger partial charge on any atom is -0.332 e. The molecule has 2 aromatic heterocycles. The van der Waals surface area contributed by atoms with Crippen molar-refractivity contribution >= 4 is 34.5 Å². The van der Waals surface area contributed by atoms with Gasteiger partial charge in [0.15, 0.2) is 0 Å². The first-order valence-electron chi connectivity index (χ1n) is 5.61. The molecule has 5 nitrogen and oxygen atoms in total. The Kier molecular flexibility index (Phi) is 3.71. The van der Waals surface area contributed by atoms with E-state index in [9.17, 15) is 0 Å². The van der Waals surface area contributed by atoms with Gasteiger partial charge in [-0.25, -0.2) is 4.98 Å². The van der Waals surface area contributed by atoms with E-state index in [1.807, 2.05) is 5.38 Å². The van der Waals surface area contributed by atoms with Gasteiger partial charge in [-0.2, -0.15) is 4.98 Å². The van der Waals surface area contributed by atoms with Gasteiger partial charge in [0.05, 0.1) is 0 Å². The second kappa shape index (κ2) is 5.49. The Labute approximate surface area is 128 Å². The summed E-state index contributed by atoms with van der Waals surface area (Å²) < 4.78 is 5.20. The summed E-state index contributed by atoms with van der Waals surface area (Å²) in [6.07, 6.45) is 0. The predicted molar refractivity (Wildman–Crippen MR) is 78.8 cm³/mol. The molecule has 2 N–H and O–H groups in total. The minimum absolute atomic E-state index is 0.340. The van der Waals surface area contributed by atoms with E-state index in [0.29, 0.717) is 39.6 Å². The molecule has 102 valence electrons. The van der Waals surface area contributed by atoms with E-state index in [4.69, 9.17) is 33.5 Å². The van der Waals surface area contributed by atoms with Crippen LogP contribution in [0, 0.1) is 0 Å². The number of aromatic nitrogens is 3. The molecule has 0 radical (unpaired) electrons. The summed E-state index contributed by atoms with van der Waals surface area (Å²) in [5.74, 6) is 0.749. The first kappa shape index (κ1) is 13.5. The van der Waals surface area contributed by atoms with Crippen molar-refractivity contribution in [2.24, 2.45) is 5.73 Å². The normalized spacial score (nSPS) is 10.9. The quantitative estimate of drug-likeness (QED) is 0.795. The van der Waals surface area contributed by atoms with Crippen LogP contribution in [0.25, 0.3) is 23.0 Å². The van der Waals surface area contributed by atoms with Crippen LogP contribution in [0.5, 0.6) is 0 Å². The average molecular weight is 327 g/mol. The van der Waals surface area contributed by atoms with Gasteiger partial charge in [-0.15, -0.1) is 11.3 Å². The van der Waals surface area contributed by atoms with E-state index in [2.05, 4.69) is 15.1 Å². The van der Waals surface area contributed by atoms with Gasteiger partial charge in [0.1, 0.15) is 10.7 Å². The Bertz CT molecular complexity index is 735. The molecule has 8 heteroatoms. The highest BCUT2D eigenvalue weighted by atomic mass is 35.5. The SMILES string of the molecule is NCc1nc(-c2nc(-c3cc(Cl)cc(Cl)c3)no2)cs1. The van der Waals surface area contributed by atoms with Crippen LogP contribution in [-0.4, -0.2) is 15.1 Å². The molecule has 0 saturated carbocycles. The van der Waals surface area contributed by atoms with Crippen molar-refractivity contribution in [3.63, 3.8) is 0 Å². The number of thiazole rings is 1. The monoisotopic (exact) mass is 326 g/mol. The summed E-state index contributed by atoms with van der Waals surface area (Å²) in [6.45, 7) is 0.384. The summed E-state index contributed by atoms with van der Waals surface area (Å²) in [4.78, 5) is 8.58. The summed E-state index contributed by atoms with van der Waals surface area (Å²) >= 11 is 13.3. The molecular weight excluding hydrogens is 319 g/mol. The number of benzene rings is 1. The van der Waals surface area contributed by atoms with Crippen molar-refractivity contribution in [1.29, 1.82) is 0 Å². The zero-order valence-electron chi connectivity index (χ0n) is 10.0. The second-order valence-corrected chi connectivity index (χ2v) is 5.73. The fourth-order valence-corrected chi connectivity index (χ4v) is 2.81. The van der Waals surface area contributed by atoms with Crippen LogP contribution in [-0.2, 0) is 6.54 Å². The third kappa shape index (κ3) is 2.69. The number of hydrogen-bond donors (Lipinski definition) is 1. The molecule has 0 aliphatic rings. The molecule has 20 heavy (non-hydrogen) atoms. The van der Waals surface area contributed by atoms with Crippen LogP contribution >= 0.6 is 34.5 Å². The summed E-state index contributed by atoms with van der Waals surface area (Å²) in [5.41, 5.74) is 6.82. The van der Waals surface area contributed by atoms with E-state index in [1.165, 1.54) is 11.3 Å². The van der Waals surface area contributed by atoms with Crippen LogP contribution in [0.2, 0.25) is 10.0 Å². The van der Waals surface area contributed by atoms with Gasteiger partial charge in [0.2, 0.25) is 5.82 Å². The van der Waals surface area contributed by atoms with Crippen molar-refractivity contribution in [1.82, 2.24) is 15.1 Å². The van der Waals surface area contributed by atoms with Gasteiger partial charge in [0.25, 0.3) is 5.89 Å². The van der Waals surface area contributed by atoms with Crippen molar-refractivity contribution in [3.8, 4) is 23.0 Å². The Morgan fingerprint density at radius 3 is 2.55 bits per heavy atom. The lowest BCUT2D eigenvalue weighted by Gasteiger charge is -1.96. The second-order valence-electron chi connectivity index (χ2n) is 3.91. The van der Waals surface area contributed by atoms with E-state index in [0.717, 1.165) is 5.01 Å². The van der Waals surface area contributed by atoms with E-state index < -0.39 is 0 Å². The lowest BCUT2D eigenvalue weighted by Crippen LogP contribution is -1.94. The topological polar surface area (TPSA) is 77.8 Å². The fourth-order valence-electron chi connectivity index (χ4n) is 1.63. The molecule has 0 unspecified atom stereocenters. The van der Waals surface area contributed by atoms with E-state index in [1.54, 1.807) is 18.2 Å². The molecule has 0 aliphatic heterocycles. The molecule has 0 amide bonds. The Morgan fingerprint density at radius 2 is 1.90 bits per heavy atom. The average Bonchev–Trinajstić information content (AvgIpc) is 3.06. The van der Waals surface area contributed by atoms with Crippen molar-refractivity contribution in [2.75, 3.05) is 0 Å². The zero-order chi connectivity index (χ0) is 14.1. The molecule has 0 fully saturated rings. The van der Waals surface area contributed by atoms with Gasteiger partial charge in [-0.3, -0.25) is 0 Å². The van der Waals surface area contributed by atoms with Crippen LogP contribution in [0.1, 0.15) is 5.01 Å². The summed E-state index contributed by atoms with van der Waals surface area (Å²) in [6, 6.07) is 5.07. The molecule has 0 atom stereocenters. The molecule has 2 heterocycles. The molecule has 0 spiro atoms. The summed E-state index contributed by atoms with van der Waals surface area (Å²) in [7, 11) is 0. The molecule has 3 rings (SSSR count). The highest BCUT2D eigenvalue weighted by Crippen LogP contribution is 2.27. The lowest BCUT2D eigenvalue weighted by molar-refractivity contribution is 0.431. The van der Waals surface area contributed by atoms with E-state index in [-0.39, 0.29) is 0 Å². The van der Waals surface area contributed by atoms with Gasteiger partial charge < -0.3 is 10.3 Å². The van der Waals surface area contributed by atoms with Gasteiger partial charge >= 0.3 is 0 Å². The number of nitrogens with zero attached hydrogens (tertiary/aromatic N) is 3. The first-order valence-corrected chi connectivity index (χ1v) is 7.24. The Hall–Kier alpha value is -1.47. The van der Waals surface area contributed by atoms with Gasteiger partial charge in [-0.05, 0) is 18.2 Å². The Balaban J connectivity index is 1.97. The van der Waals surface area contributed by atoms with Crippen molar-refractivity contribution in [3.05, 3.63) is 38.6 Å². The van der Waals surface area contributed by atoms with Crippen molar-refractivity contribution < 1.29 is 4.52 Å². The maximum Gasteiger partial charge on any atom is 0.277 e. The molecule has 0 aliphatic carbocycles. The highest BCUT2D eigenvalue weighted by molar-refractivity contribution is 7.09. The maximum absolute atomic E-state index is 5.95. The van der Waals surface area contributed by atoms with Crippen molar-refractivity contribution in [2.45, 2.75) is 6.54 Å². The standard InChI is InChI=1S/C12H8Cl2N4OS/c13-7-1-6(2-8(14)3-7)11-17-12(19-18-11)9-5-20-10(4-15)16-9/h1-3,5H,4,15H2. The van der Waals surface area contributed by atoms with Crippen LogP contribution in [0.4, 0.5) is 0 Å². The van der Waals surface area contributed by atoms with Gasteiger partial charge in [0, 0.05) is 27.5 Å². The van der Waals surface area contributed by atoms with Gasteiger partial charge in [-0.1, -0.05) is 28.4 Å². The fraction of sp³-hybridized carbons (Fsp3) is 0.0833. The maximum atomic E-state index is 5.95. The molecular formula is C12H8Cl2N4OS. The number of nitrogens with two attached hydrogens (primary N) is 1. The van der Waals surface area contributed by atoms with E-state index >= 15 is 0 Å². The molecule has 1 aromatic carbocycles. The summed E-state index contributed by atoms with van der Waals surface area (Å²) in [5, 5.41) is 7.57. The zero-order valence-corrected chi connectivity index (χ0v) is 12.3. The third-order valence-electron chi connectivity index (χ3n) is 2.49. The van der Waals surface area contributed by atoms with Crippen LogP contribution < -0.4 is 5.73 Å².